The number of aryl methyl sites for hydroxylation is 2. The molecule has 0 spiro atoms. The molecule has 1 aromatic heterocycles. The zero-order chi connectivity index (χ0) is 28.5. The fraction of sp³-hybridized carbons (Fsp3) is 0.200. The van der Waals surface area contributed by atoms with Crippen LogP contribution in [0.3, 0.4) is 0 Å². The maximum Gasteiger partial charge on any atom is 0.419 e. The highest BCUT2D eigenvalue weighted by atomic mass is 19.4. The van der Waals surface area contributed by atoms with Crippen molar-refractivity contribution >= 4 is 11.7 Å². The summed E-state index contributed by atoms with van der Waals surface area (Å²) < 4.78 is 74.1. The molecule has 1 amide bonds. The molecule has 3 aromatic carbocycles. The molecule has 0 saturated carbocycles. The van der Waals surface area contributed by atoms with Crippen molar-refractivity contribution in [1.29, 1.82) is 0 Å². The lowest BCUT2D eigenvalue weighted by molar-refractivity contribution is -0.140. The Hall–Kier alpha value is -4.31. The standard InChI is InChI=1S/C30H22F5N3O2/c1-13-9-24(36)38-14(2)22(13)12-37-29(39)16-4-6-19-21(11-16)28-20-10-15(3-5-18(20)27(19)40-28)17-7-8-23(30(33,34)35)26(32)25(17)31/h3-11,27-28H,12H2,1-2H3,(H2,36,38)(H,37,39). The number of nitrogens with zero attached hydrogens (tertiary/aromatic N) is 1. The van der Waals surface area contributed by atoms with E-state index in [-0.39, 0.29) is 23.6 Å². The highest BCUT2D eigenvalue weighted by molar-refractivity contribution is 5.94. The van der Waals surface area contributed by atoms with Crippen molar-refractivity contribution in [2.75, 3.05) is 5.73 Å². The molecular weight excluding hydrogens is 529 g/mol. The molecule has 2 bridgehead atoms. The van der Waals surface area contributed by atoms with Gasteiger partial charge in [-0.3, -0.25) is 4.79 Å². The van der Waals surface area contributed by atoms with Gasteiger partial charge >= 0.3 is 6.18 Å². The van der Waals surface area contributed by atoms with Gasteiger partial charge in [-0.15, -0.1) is 0 Å². The van der Waals surface area contributed by atoms with Gasteiger partial charge < -0.3 is 15.8 Å². The Morgan fingerprint density at radius 3 is 2.30 bits per heavy atom. The van der Waals surface area contributed by atoms with Gasteiger partial charge in [-0.1, -0.05) is 24.3 Å². The van der Waals surface area contributed by atoms with Crippen molar-refractivity contribution < 1.29 is 31.5 Å². The number of amides is 1. The summed E-state index contributed by atoms with van der Waals surface area (Å²) in [6, 6.07) is 13.3. The van der Waals surface area contributed by atoms with Crippen molar-refractivity contribution in [3.8, 4) is 11.1 Å². The Kier molecular flexibility index (Phi) is 5.92. The Morgan fingerprint density at radius 2 is 1.60 bits per heavy atom. The number of aromatic nitrogens is 1. The van der Waals surface area contributed by atoms with Crippen molar-refractivity contribution in [2.24, 2.45) is 0 Å². The van der Waals surface area contributed by atoms with Crippen LogP contribution < -0.4 is 11.1 Å². The molecule has 2 aliphatic heterocycles. The lowest BCUT2D eigenvalue weighted by Crippen LogP contribution is -2.24. The summed E-state index contributed by atoms with van der Waals surface area (Å²) in [4.78, 5) is 17.3. The number of hydrogen-bond donors (Lipinski definition) is 2. The number of alkyl halides is 3. The van der Waals surface area contributed by atoms with Gasteiger partial charge in [-0.05, 0) is 83.1 Å². The molecule has 40 heavy (non-hydrogen) atoms. The van der Waals surface area contributed by atoms with Crippen LogP contribution in [0.15, 0.2) is 54.6 Å². The second-order valence-electron chi connectivity index (χ2n) is 9.98. The van der Waals surface area contributed by atoms with Crippen molar-refractivity contribution in [2.45, 2.75) is 38.8 Å². The first-order chi connectivity index (χ1) is 18.9. The average molecular weight is 552 g/mol. The van der Waals surface area contributed by atoms with Gasteiger partial charge in [-0.25, -0.2) is 13.8 Å². The van der Waals surface area contributed by atoms with Gasteiger partial charge in [0.2, 0.25) is 0 Å². The molecule has 0 aliphatic carbocycles. The zero-order valence-corrected chi connectivity index (χ0v) is 21.3. The molecule has 0 radical (unpaired) electrons. The van der Waals surface area contributed by atoms with Crippen LogP contribution in [-0.4, -0.2) is 10.9 Å². The number of rotatable bonds is 4. The number of fused-ring (bicyclic) bond motifs is 8. The monoisotopic (exact) mass is 551 g/mol. The second kappa shape index (κ2) is 9.12. The first-order valence-corrected chi connectivity index (χ1v) is 12.4. The number of pyridine rings is 1. The third-order valence-corrected chi connectivity index (χ3v) is 7.54. The van der Waals surface area contributed by atoms with Gasteiger partial charge in [0, 0.05) is 23.4 Å². The van der Waals surface area contributed by atoms with E-state index >= 15 is 0 Å². The van der Waals surface area contributed by atoms with E-state index in [2.05, 4.69) is 10.3 Å². The van der Waals surface area contributed by atoms with Crippen LogP contribution >= 0.6 is 0 Å². The van der Waals surface area contributed by atoms with Crippen LogP contribution in [0.1, 0.15) is 67.2 Å². The maximum atomic E-state index is 14.7. The molecule has 4 aromatic rings. The number of hydrogen-bond acceptors (Lipinski definition) is 4. The Morgan fingerprint density at radius 1 is 0.925 bits per heavy atom. The summed E-state index contributed by atoms with van der Waals surface area (Å²) in [7, 11) is 0. The molecule has 204 valence electrons. The molecule has 2 unspecified atom stereocenters. The molecule has 6 rings (SSSR count). The fourth-order valence-electron chi connectivity index (χ4n) is 5.57. The van der Waals surface area contributed by atoms with Gasteiger partial charge in [0.25, 0.3) is 5.91 Å². The number of benzene rings is 3. The van der Waals surface area contributed by atoms with E-state index in [1.54, 1.807) is 30.3 Å². The highest BCUT2D eigenvalue weighted by Gasteiger charge is 2.43. The SMILES string of the molecule is Cc1cc(N)nc(C)c1CNC(=O)c1ccc2c(c1)C1OC2c2ccc(-c3ccc(C(F)(F)F)c(F)c3F)cc21. The summed E-state index contributed by atoms with van der Waals surface area (Å²) in [5, 5.41) is 2.91. The molecule has 2 atom stereocenters. The van der Waals surface area contributed by atoms with Crippen LogP contribution in [-0.2, 0) is 17.5 Å². The lowest BCUT2D eigenvalue weighted by atomic mass is 9.83. The molecule has 0 saturated heterocycles. The summed E-state index contributed by atoms with van der Waals surface area (Å²) >= 11 is 0. The number of anilines is 1. The van der Waals surface area contributed by atoms with E-state index in [0.717, 1.165) is 39.6 Å². The number of nitrogen functional groups attached to an aromatic ring is 1. The van der Waals surface area contributed by atoms with Crippen molar-refractivity contribution in [1.82, 2.24) is 10.3 Å². The van der Waals surface area contributed by atoms with E-state index in [4.69, 9.17) is 10.5 Å². The van der Waals surface area contributed by atoms with Crippen molar-refractivity contribution in [3.05, 3.63) is 116 Å². The minimum Gasteiger partial charge on any atom is -0.384 e. The predicted molar refractivity (Wildman–Crippen MR) is 137 cm³/mol. The molecule has 2 aliphatic rings. The number of halogens is 5. The van der Waals surface area contributed by atoms with Crippen LogP contribution in [0.25, 0.3) is 11.1 Å². The van der Waals surface area contributed by atoms with Gasteiger partial charge in [0.05, 0.1) is 5.56 Å². The smallest absolute Gasteiger partial charge is 0.384 e. The molecular formula is C30H22F5N3O2. The fourth-order valence-corrected chi connectivity index (χ4v) is 5.57. The number of carbonyl (C=O) groups is 1. The Labute approximate surface area is 225 Å². The van der Waals surface area contributed by atoms with E-state index in [1.165, 1.54) is 6.07 Å². The third kappa shape index (κ3) is 4.10. The predicted octanol–water partition coefficient (Wildman–Crippen LogP) is 6.70. The van der Waals surface area contributed by atoms with E-state index in [1.807, 2.05) is 19.9 Å². The average Bonchev–Trinajstić information content (AvgIpc) is 3.45. The maximum absolute atomic E-state index is 14.7. The lowest BCUT2D eigenvalue weighted by Gasteiger charge is -2.18. The summed E-state index contributed by atoms with van der Waals surface area (Å²) in [6.07, 6.45) is -5.97. The summed E-state index contributed by atoms with van der Waals surface area (Å²) in [6.45, 7) is 3.99. The Bertz CT molecular complexity index is 1690. The van der Waals surface area contributed by atoms with Crippen LogP contribution in [0, 0.1) is 25.5 Å². The molecule has 10 heteroatoms. The minimum atomic E-state index is -5.01. The minimum absolute atomic E-state index is 0.221. The largest absolute Gasteiger partial charge is 0.419 e. The number of nitrogens with two attached hydrogens (primary N) is 1. The van der Waals surface area contributed by atoms with Crippen LogP contribution in [0.5, 0.6) is 0 Å². The zero-order valence-electron chi connectivity index (χ0n) is 21.3. The van der Waals surface area contributed by atoms with E-state index < -0.39 is 35.6 Å². The van der Waals surface area contributed by atoms with E-state index in [9.17, 15) is 26.7 Å². The van der Waals surface area contributed by atoms with Crippen LogP contribution in [0.4, 0.5) is 27.8 Å². The van der Waals surface area contributed by atoms with Gasteiger partial charge in [0.1, 0.15) is 18.0 Å². The molecule has 3 heterocycles. The van der Waals surface area contributed by atoms with Gasteiger partial charge in [-0.2, -0.15) is 13.2 Å². The van der Waals surface area contributed by atoms with Crippen molar-refractivity contribution in [3.63, 3.8) is 0 Å². The first-order valence-electron chi connectivity index (χ1n) is 12.4. The highest BCUT2D eigenvalue weighted by Crippen LogP contribution is 2.55. The van der Waals surface area contributed by atoms with E-state index in [0.29, 0.717) is 23.0 Å². The first kappa shape index (κ1) is 25.9. The summed E-state index contributed by atoms with van der Waals surface area (Å²) in [5.41, 5.74) is 10.2. The number of ether oxygens (including phenoxy) is 1. The normalized spacial score (nSPS) is 17.1. The quantitative estimate of drug-likeness (QED) is 0.277. The second-order valence-corrected chi connectivity index (χ2v) is 9.98. The topological polar surface area (TPSA) is 77.2 Å². The summed E-state index contributed by atoms with van der Waals surface area (Å²) in [5.74, 6) is -3.39. The number of carbonyl (C=O) groups excluding carboxylic acids is 1. The van der Waals surface area contributed by atoms with Gasteiger partial charge in [0.15, 0.2) is 11.6 Å². The molecule has 5 nitrogen and oxygen atoms in total. The molecule has 3 N–H and O–H groups in total. The molecule has 0 fully saturated rings. The third-order valence-electron chi connectivity index (χ3n) is 7.54. The number of nitrogens with one attached hydrogen (secondary N) is 1. The Balaban J connectivity index is 1.27. The van der Waals surface area contributed by atoms with Crippen LogP contribution in [0.2, 0.25) is 0 Å².